The summed E-state index contributed by atoms with van der Waals surface area (Å²) in [4.78, 5) is 16.8. The van der Waals surface area contributed by atoms with Crippen LogP contribution >= 0.6 is 11.6 Å². The fourth-order valence-corrected chi connectivity index (χ4v) is 3.55. The molecule has 1 heterocycles. The second-order valence-electron chi connectivity index (χ2n) is 6.56. The molecule has 0 bridgehead atoms. The van der Waals surface area contributed by atoms with Gasteiger partial charge in [0.2, 0.25) is 0 Å². The number of halogens is 1. The molecule has 0 atom stereocenters. The Morgan fingerprint density at radius 2 is 1.56 bits per heavy atom. The van der Waals surface area contributed by atoms with E-state index in [1.165, 1.54) is 16.8 Å². The number of urea groups is 1. The molecule has 0 unspecified atom stereocenters. The zero-order valence-corrected chi connectivity index (χ0v) is 15.7. The smallest absolute Gasteiger partial charge is 0.321 e. The molecule has 5 heteroatoms. The van der Waals surface area contributed by atoms with Gasteiger partial charge in [0, 0.05) is 42.6 Å². The maximum Gasteiger partial charge on any atom is 0.321 e. The van der Waals surface area contributed by atoms with Crippen LogP contribution in [0.3, 0.4) is 0 Å². The Morgan fingerprint density at radius 1 is 0.960 bits per heavy atom. The molecule has 2 amide bonds. The zero-order valence-electron chi connectivity index (χ0n) is 15.0. The first-order valence-electron chi connectivity index (χ1n) is 8.59. The number of carbonyl (C=O) groups is 1. The highest BCUT2D eigenvalue weighted by atomic mass is 35.5. The minimum absolute atomic E-state index is 0.0634. The lowest BCUT2D eigenvalue weighted by Crippen LogP contribution is -2.50. The Balaban J connectivity index is 1.64. The summed E-state index contributed by atoms with van der Waals surface area (Å²) in [6, 6.07) is 11.9. The van der Waals surface area contributed by atoms with Gasteiger partial charge >= 0.3 is 6.03 Å². The SMILES string of the molecule is Cc1cccc(C)c1N1CCN(C(=O)Nc2cccc(Cl)c2C)CC1. The molecule has 1 aliphatic heterocycles. The maximum atomic E-state index is 12.6. The van der Waals surface area contributed by atoms with Gasteiger partial charge in [-0.3, -0.25) is 0 Å². The molecular formula is C20H24ClN3O. The maximum absolute atomic E-state index is 12.6. The number of nitrogens with zero attached hydrogens (tertiary/aromatic N) is 2. The van der Waals surface area contributed by atoms with Gasteiger partial charge in [0.15, 0.2) is 0 Å². The van der Waals surface area contributed by atoms with Crippen molar-refractivity contribution in [1.29, 1.82) is 0 Å². The van der Waals surface area contributed by atoms with E-state index in [4.69, 9.17) is 11.6 Å². The van der Waals surface area contributed by atoms with Crippen molar-refractivity contribution in [1.82, 2.24) is 4.90 Å². The van der Waals surface area contributed by atoms with Crippen molar-refractivity contribution < 1.29 is 4.79 Å². The number of hydrogen-bond donors (Lipinski definition) is 1. The molecule has 1 fully saturated rings. The number of para-hydroxylation sites is 1. The molecule has 0 spiro atoms. The molecule has 2 aromatic rings. The quantitative estimate of drug-likeness (QED) is 0.851. The van der Waals surface area contributed by atoms with Crippen molar-refractivity contribution in [3.63, 3.8) is 0 Å². The third-order valence-corrected chi connectivity index (χ3v) is 5.24. The Hall–Kier alpha value is -2.20. The molecule has 0 saturated carbocycles. The number of aryl methyl sites for hydroxylation is 2. The van der Waals surface area contributed by atoms with Gasteiger partial charge in [-0.05, 0) is 49.6 Å². The van der Waals surface area contributed by atoms with E-state index in [-0.39, 0.29) is 6.03 Å². The molecule has 25 heavy (non-hydrogen) atoms. The van der Waals surface area contributed by atoms with Crippen LogP contribution < -0.4 is 10.2 Å². The average molecular weight is 358 g/mol. The van der Waals surface area contributed by atoms with Crippen LogP contribution in [-0.4, -0.2) is 37.1 Å². The molecule has 132 valence electrons. The first-order valence-corrected chi connectivity index (χ1v) is 8.97. The summed E-state index contributed by atoms with van der Waals surface area (Å²) in [7, 11) is 0. The van der Waals surface area contributed by atoms with E-state index in [1.807, 2.05) is 30.0 Å². The number of anilines is 2. The van der Waals surface area contributed by atoms with E-state index >= 15 is 0 Å². The average Bonchev–Trinajstić information content (AvgIpc) is 2.59. The van der Waals surface area contributed by atoms with Gasteiger partial charge in [-0.2, -0.15) is 0 Å². The van der Waals surface area contributed by atoms with Gasteiger partial charge in [0.05, 0.1) is 0 Å². The summed E-state index contributed by atoms with van der Waals surface area (Å²) in [6.45, 7) is 9.29. The first-order chi connectivity index (χ1) is 12.0. The number of piperazine rings is 1. The van der Waals surface area contributed by atoms with Crippen LogP contribution in [0.1, 0.15) is 16.7 Å². The number of rotatable bonds is 2. The molecular weight excluding hydrogens is 334 g/mol. The van der Waals surface area contributed by atoms with Crippen molar-refractivity contribution in [2.45, 2.75) is 20.8 Å². The summed E-state index contributed by atoms with van der Waals surface area (Å²) in [6.07, 6.45) is 0. The van der Waals surface area contributed by atoms with Gasteiger partial charge in [0.25, 0.3) is 0 Å². The Kier molecular flexibility index (Phi) is 5.19. The minimum atomic E-state index is -0.0634. The van der Waals surface area contributed by atoms with E-state index in [0.717, 1.165) is 24.3 Å². The van der Waals surface area contributed by atoms with E-state index in [2.05, 4.69) is 42.3 Å². The standard InChI is InChI=1S/C20H24ClN3O/c1-14-6-4-7-15(2)19(14)23-10-12-24(13-11-23)20(25)22-18-9-5-8-17(21)16(18)3/h4-9H,10-13H2,1-3H3,(H,22,25). The third-order valence-electron chi connectivity index (χ3n) is 4.83. The second-order valence-corrected chi connectivity index (χ2v) is 6.96. The Morgan fingerprint density at radius 3 is 2.20 bits per heavy atom. The molecule has 1 saturated heterocycles. The predicted molar refractivity (Wildman–Crippen MR) is 105 cm³/mol. The fourth-order valence-electron chi connectivity index (χ4n) is 3.37. The molecule has 1 N–H and O–H groups in total. The lowest BCUT2D eigenvalue weighted by Gasteiger charge is -2.37. The van der Waals surface area contributed by atoms with Crippen molar-refractivity contribution in [2.75, 3.05) is 36.4 Å². The van der Waals surface area contributed by atoms with Gasteiger partial charge in [-0.1, -0.05) is 35.9 Å². The van der Waals surface area contributed by atoms with Gasteiger partial charge in [0.1, 0.15) is 0 Å². The highest BCUT2D eigenvalue weighted by Crippen LogP contribution is 2.26. The summed E-state index contributed by atoms with van der Waals surface area (Å²) in [5, 5.41) is 3.65. The van der Waals surface area contributed by atoms with Crippen LogP contribution in [0.4, 0.5) is 16.2 Å². The molecule has 1 aliphatic rings. The lowest BCUT2D eigenvalue weighted by atomic mass is 10.1. The fraction of sp³-hybridized carbons (Fsp3) is 0.350. The molecule has 3 rings (SSSR count). The largest absolute Gasteiger partial charge is 0.368 e. The van der Waals surface area contributed by atoms with E-state index in [0.29, 0.717) is 18.1 Å². The monoisotopic (exact) mass is 357 g/mol. The molecule has 0 aliphatic carbocycles. The third kappa shape index (κ3) is 3.74. The van der Waals surface area contributed by atoms with Crippen molar-refractivity contribution in [2.24, 2.45) is 0 Å². The first kappa shape index (κ1) is 17.6. The van der Waals surface area contributed by atoms with Crippen LogP contribution in [0.25, 0.3) is 0 Å². The van der Waals surface area contributed by atoms with E-state index in [1.54, 1.807) is 0 Å². The summed E-state index contributed by atoms with van der Waals surface area (Å²) in [5.41, 5.74) is 5.54. The Bertz CT molecular complexity index is 762. The topological polar surface area (TPSA) is 35.6 Å². The molecule has 2 aromatic carbocycles. The lowest BCUT2D eigenvalue weighted by molar-refractivity contribution is 0.208. The zero-order chi connectivity index (χ0) is 18.0. The number of hydrogen-bond acceptors (Lipinski definition) is 2. The van der Waals surface area contributed by atoms with Crippen LogP contribution in [0, 0.1) is 20.8 Å². The summed E-state index contributed by atoms with van der Waals surface area (Å²) >= 11 is 6.13. The highest BCUT2D eigenvalue weighted by molar-refractivity contribution is 6.31. The van der Waals surface area contributed by atoms with Crippen molar-refractivity contribution in [3.05, 3.63) is 58.1 Å². The van der Waals surface area contributed by atoms with Crippen LogP contribution in [0.15, 0.2) is 36.4 Å². The Labute approximate surface area is 154 Å². The number of amides is 2. The van der Waals surface area contributed by atoms with Crippen molar-refractivity contribution in [3.8, 4) is 0 Å². The van der Waals surface area contributed by atoms with Crippen LogP contribution in [-0.2, 0) is 0 Å². The van der Waals surface area contributed by atoms with Gasteiger partial charge < -0.3 is 15.1 Å². The summed E-state index contributed by atoms with van der Waals surface area (Å²) in [5.74, 6) is 0. The highest BCUT2D eigenvalue weighted by Gasteiger charge is 2.23. The predicted octanol–water partition coefficient (Wildman–Crippen LogP) is 4.62. The molecule has 0 aromatic heterocycles. The minimum Gasteiger partial charge on any atom is -0.368 e. The normalized spacial score (nSPS) is 14.6. The van der Waals surface area contributed by atoms with Crippen LogP contribution in [0.2, 0.25) is 5.02 Å². The van der Waals surface area contributed by atoms with E-state index < -0.39 is 0 Å². The number of nitrogens with one attached hydrogen (secondary N) is 1. The number of benzene rings is 2. The number of carbonyl (C=O) groups excluding carboxylic acids is 1. The molecule has 4 nitrogen and oxygen atoms in total. The van der Waals surface area contributed by atoms with E-state index in [9.17, 15) is 4.79 Å². The van der Waals surface area contributed by atoms with Gasteiger partial charge in [-0.25, -0.2) is 4.79 Å². The van der Waals surface area contributed by atoms with Crippen LogP contribution in [0.5, 0.6) is 0 Å². The van der Waals surface area contributed by atoms with Gasteiger partial charge in [-0.15, -0.1) is 0 Å². The second kappa shape index (κ2) is 7.36. The molecule has 0 radical (unpaired) electrons. The van der Waals surface area contributed by atoms with Crippen molar-refractivity contribution >= 4 is 29.0 Å². The summed E-state index contributed by atoms with van der Waals surface area (Å²) < 4.78 is 0.